The van der Waals surface area contributed by atoms with Crippen molar-refractivity contribution in [2.45, 2.75) is 57.8 Å². The van der Waals surface area contributed by atoms with Crippen molar-refractivity contribution in [2.75, 3.05) is 25.4 Å². The number of amides is 1. The minimum absolute atomic E-state index is 0.0189. The molecule has 3 heterocycles. The van der Waals surface area contributed by atoms with Gasteiger partial charge in [0.1, 0.15) is 11.7 Å². The molecule has 0 aromatic carbocycles. The van der Waals surface area contributed by atoms with Crippen LogP contribution in [0.15, 0.2) is 23.5 Å². The number of nitrogens with zero attached hydrogens (tertiary/aromatic N) is 3. The molecule has 0 bridgehead atoms. The molecule has 9 nitrogen and oxygen atoms in total. The fourth-order valence-corrected chi connectivity index (χ4v) is 3.91. The Morgan fingerprint density at radius 2 is 2.06 bits per heavy atom. The number of carbonyl (C=O) groups excluding carboxylic acids is 1. The highest BCUT2D eigenvalue weighted by molar-refractivity contribution is 7.99. The maximum Gasteiger partial charge on any atom is 0.410 e. The molecule has 32 heavy (non-hydrogen) atoms. The number of aliphatic hydroxyl groups is 1. The number of nitrogens with one attached hydrogen (secondary N) is 1. The Kier molecular flexibility index (Phi) is 8.52. The maximum atomic E-state index is 12.1. The third-order valence-electron chi connectivity index (χ3n) is 4.92. The van der Waals surface area contributed by atoms with Crippen LogP contribution >= 0.6 is 11.8 Å². The number of pyridine rings is 1. The first-order valence-corrected chi connectivity index (χ1v) is 11.7. The number of aromatic nitrogens is 3. The minimum atomic E-state index is -0.273. The molecule has 0 saturated carbocycles. The summed E-state index contributed by atoms with van der Waals surface area (Å²) in [6, 6.07) is 3.72. The molecule has 1 saturated heterocycles. The molecule has 174 valence electrons. The van der Waals surface area contributed by atoms with Crippen LogP contribution in [0.3, 0.4) is 0 Å². The van der Waals surface area contributed by atoms with Gasteiger partial charge in [0.15, 0.2) is 5.75 Å². The van der Waals surface area contributed by atoms with Crippen LogP contribution < -0.4 is 14.5 Å². The largest absolute Gasteiger partial charge is 0.458 e. The Labute approximate surface area is 192 Å². The van der Waals surface area contributed by atoms with Crippen LogP contribution in [0, 0.1) is 13.8 Å². The Balaban J connectivity index is 1.61. The number of likely N-dealkylation sites (tertiary alicyclic amines) is 1. The second-order valence-corrected chi connectivity index (χ2v) is 8.92. The van der Waals surface area contributed by atoms with Crippen molar-refractivity contribution in [3.05, 3.63) is 29.7 Å². The van der Waals surface area contributed by atoms with E-state index in [2.05, 4.69) is 15.0 Å². The second kappa shape index (κ2) is 11.3. The zero-order valence-corrected chi connectivity index (χ0v) is 19.8. The van der Waals surface area contributed by atoms with Crippen molar-refractivity contribution in [3.8, 4) is 17.5 Å². The van der Waals surface area contributed by atoms with E-state index in [0.717, 1.165) is 29.1 Å². The fourth-order valence-electron chi connectivity index (χ4n) is 3.24. The van der Waals surface area contributed by atoms with Crippen molar-refractivity contribution < 1.29 is 29.1 Å². The number of aryl methyl sites for hydroxylation is 1. The van der Waals surface area contributed by atoms with Gasteiger partial charge in [-0.3, -0.25) is 0 Å². The van der Waals surface area contributed by atoms with E-state index in [4.69, 9.17) is 19.3 Å². The number of aromatic amines is 1. The van der Waals surface area contributed by atoms with Crippen molar-refractivity contribution in [3.63, 3.8) is 0 Å². The lowest BCUT2D eigenvalue weighted by atomic mass is 10.1. The Morgan fingerprint density at radius 3 is 2.72 bits per heavy atom. The first kappa shape index (κ1) is 24.1. The number of carbonyl (C=O) groups is 1. The summed E-state index contributed by atoms with van der Waals surface area (Å²) >= 11 is 1.49. The molecule has 10 heteroatoms. The fraction of sp³-hybridized carbons (Fsp3) is 0.545. The molecule has 3 rings (SSSR count). The lowest BCUT2D eigenvalue weighted by Gasteiger charge is -2.31. The number of hydrogen-bond donors (Lipinski definition) is 1. The molecule has 0 atom stereocenters. The van der Waals surface area contributed by atoms with Crippen molar-refractivity contribution in [2.24, 2.45) is 0 Å². The number of hydrogen-bond acceptors (Lipinski definition) is 8. The zero-order valence-electron chi connectivity index (χ0n) is 19.0. The van der Waals surface area contributed by atoms with Crippen LogP contribution in [0.4, 0.5) is 4.79 Å². The highest BCUT2D eigenvalue weighted by Gasteiger charge is 2.27. The molecule has 0 spiro atoms. The molecule has 2 aromatic rings. The molecule has 0 radical (unpaired) electrons. The smallest absolute Gasteiger partial charge is 0.410 e. The van der Waals surface area contributed by atoms with Gasteiger partial charge in [-0.15, -0.1) is 11.8 Å². The van der Waals surface area contributed by atoms with Crippen LogP contribution in [0.2, 0.25) is 0 Å². The van der Waals surface area contributed by atoms with Crippen LogP contribution in [-0.2, 0) is 4.74 Å². The van der Waals surface area contributed by atoms with Crippen molar-refractivity contribution in [1.29, 1.82) is 0 Å². The van der Waals surface area contributed by atoms with Crippen molar-refractivity contribution in [1.82, 2.24) is 14.9 Å². The standard InChI is InChI=1S/C22H30N4O5S/c1-14(2)29-22(28)26-9-7-17(8-10-26)30-20-15(3)21(24-13-23-20)31-18-5-6-19(25-16(18)4)32-12-11-27/h5-6,13-14,17,27H,7-12H2,1-4H3/p+1. The van der Waals surface area contributed by atoms with Crippen LogP contribution in [0.1, 0.15) is 37.9 Å². The molecule has 0 unspecified atom stereocenters. The van der Waals surface area contributed by atoms with Gasteiger partial charge in [0.05, 0.1) is 23.4 Å². The number of piperidine rings is 1. The summed E-state index contributed by atoms with van der Waals surface area (Å²) in [7, 11) is 0. The Hall–Kier alpha value is -2.59. The summed E-state index contributed by atoms with van der Waals surface area (Å²) in [6.07, 6.45) is 2.56. The Bertz CT molecular complexity index is 919. The van der Waals surface area contributed by atoms with Crippen LogP contribution in [0.5, 0.6) is 17.5 Å². The topological polar surface area (TPSA) is 108 Å². The predicted octanol–water partition coefficient (Wildman–Crippen LogP) is 3.17. The minimum Gasteiger partial charge on any atom is -0.458 e. The van der Waals surface area contributed by atoms with E-state index >= 15 is 0 Å². The van der Waals surface area contributed by atoms with E-state index in [0.29, 0.717) is 36.4 Å². The first-order valence-electron chi connectivity index (χ1n) is 10.8. The van der Waals surface area contributed by atoms with Crippen LogP contribution in [0.25, 0.3) is 0 Å². The van der Waals surface area contributed by atoms with Gasteiger partial charge >= 0.3 is 12.0 Å². The predicted molar refractivity (Wildman–Crippen MR) is 119 cm³/mol. The maximum absolute atomic E-state index is 12.1. The van der Waals surface area contributed by atoms with Gasteiger partial charge in [-0.25, -0.2) is 14.8 Å². The summed E-state index contributed by atoms with van der Waals surface area (Å²) in [5.41, 5.74) is 1.50. The third-order valence-corrected chi connectivity index (χ3v) is 5.83. The molecule has 1 aliphatic rings. The summed E-state index contributed by atoms with van der Waals surface area (Å²) < 4.78 is 17.5. The first-order chi connectivity index (χ1) is 15.4. The number of H-pyrrole nitrogens is 1. The molecule has 1 aliphatic heterocycles. The normalized spacial score (nSPS) is 14.5. The number of aliphatic hydroxyl groups excluding tert-OH is 1. The zero-order chi connectivity index (χ0) is 23.1. The van der Waals surface area contributed by atoms with Crippen LogP contribution in [-0.4, -0.2) is 63.7 Å². The monoisotopic (exact) mass is 463 g/mol. The lowest BCUT2D eigenvalue weighted by molar-refractivity contribution is -0.402. The number of ether oxygens (including phenoxy) is 3. The summed E-state index contributed by atoms with van der Waals surface area (Å²) in [6.45, 7) is 8.74. The van der Waals surface area contributed by atoms with Gasteiger partial charge in [-0.2, -0.15) is 0 Å². The van der Waals surface area contributed by atoms with Gasteiger partial charge in [-0.1, -0.05) is 0 Å². The average Bonchev–Trinajstić information content (AvgIpc) is 2.76. The summed E-state index contributed by atoms with van der Waals surface area (Å²) in [4.78, 5) is 25.7. The number of thioether (sulfide) groups is 1. The van der Waals surface area contributed by atoms with E-state index in [1.807, 2.05) is 39.8 Å². The summed E-state index contributed by atoms with van der Waals surface area (Å²) in [5, 5.41) is 9.81. The molecule has 1 fully saturated rings. The molecular formula is C22H31N4O5S+. The van der Waals surface area contributed by atoms with Gasteiger partial charge in [-0.05, 0) is 44.8 Å². The van der Waals surface area contributed by atoms with Gasteiger partial charge in [0.25, 0.3) is 12.2 Å². The molecule has 2 N–H and O–H groups in total. The van der Waals surface area contributed by atoms with E-state index in [1.165, 1.54) is 11.8 Å². The van der Waals surface area contributed by atoms with E-state index in [9.17, 15) is 4.79 Å². The van der Waals surface area contributed by atoms with E-state index in [-0.39, 0.29) is 24.9 Å². The van der Waals surface area contributed by atoms with E-state index in [1.54, 1.807) is 11.2 Å². The van der Waals surface area contributed by atoms with Gasteiger partial charge in [0, 0.05) is 31.7 Å². The summed E-state index contributed by atoms with van der Waals surface area (Å²) in [5.74, 6) is 2.25. The number of rotatable bonds is 8. The lowest BCUT2D eigenvalue weighted by Crippen LogP contribution is -2.43. The Morgan fingerprint density at radius 1 is 1.31 bits per heavy atom. The molecule has 1 amide bonds. The van der Waals surface area contributed by atoms with E-state index < -0.39 is 0 Å². The quantitative estimate of drug-likeness (QED) is 0.595. The molecular weight excluding hydrogens is 432 g/mol. The van der Waals surface area contributed by atoms with Gasteiger partial charge in [0.2, 0.25) is 0 Å². The molecule has 0 aliphatic carbocycles. The SMILES string of the molecule is Cc1nc(SCCO)ccc1Oc1nc[nH+]c(OC2CCN(C(=O)OC(C)C)CC2)c1C. The molecule has 2 aromatic heterocycles. The van der Waals surface area contributed by atoms with Crippen molar-refractivity contribution >= 4 is 17.9 Å². The third kappa shape index (κ3) is 6.46. The van der Waals surface area contributed by atoms with Gasteiger partial charge < -0.3 is 24.2 Å². The average molecular weight is 464 g/mol. The highest BCUT2D eigenvalue weighted by atomic mass is 32.2. The highest BCUT2D eigenvalue weighted by Crippen LogP contribution is 2.30. The second-order valence-electron chi connectivity index (χ2n) is 7.81.